The molecule has 1 aromatic carbocycles. The number of nitrogens with zero attached hydrogens (tertiary/aromatic N) is 1. The number of nitrogens with two attached hydrogens (primary N) is 1. The molecule has 8 nitrogen and oxygen atoms in total. The molecule has 1 aromatic rings. The number of hydrogen-bond acceptors (Lipinski definition) is 6. The maximum absolute atomic E-state index is 11.9. The first-order valence-electron chi connectivity index (χ1n) is 6.84. The minimum absolute atomic E-state index is 0.00217. The van der Waals surface area contributed by atoms with Crippen molar-refractivity contribution in [3.63, 3.8) is 0 Å². The van der Waals surface area contributed by atoms with Crippen LogP contribution in [0.1, 0.15) is 22.3 Å². The number of hydrogen-bond donors (Lipinski definition) is 3. The van der Waals surface area contributed by atoms with Gasteiger partial charge in [0.05, 0.1) is 6.54 Å². The fourth-order valence-electron chi connectivity index (χ4n) is 2.62. The lowest BCUT2D eigenvalue weighted by molar-refractivity contribution is -0.186. The van der Waals surface area contributed by atoms with Gasteiger partial charge in [0.2, 0.25) is 0 Å². The third-order valence-corrected chi connectivity index (χ3v) is 3.53. The average Bonchev–Trinajstić information content (AvgIpc) is 2.48. The van der Waals surface area contributed by atoms with Crippen molar-refractivity contribution in [2.24, 2.45) is 5.73 Å². The molecule has 2 rings (SSSR count). The van der Waals surface area contributed by atoms with Crippen molar-refractivity contribution < 1.29 is 29.6 Å². The van der Waals surface area contributed by atoms with Crippen LogP contribution in [0.3, 0.4) is 0 Å². The van der Waals surface area contributed by atoms with Crippen LogP contribution in [0.25, 0.3) is 0 Å². The van der Waals surface area contributed by atoms with E-state index in [1.54, 1.807) is 0 Å². The Morgan fingerprint density at radius 1 is 1.14 bits per heavy atom. The van der Waals surface area contributed by atoms with Gasteiger partial charge in [-0.3, -0.25) is 4.90 Å². The fourth-order valence-corrected chi connectivity index (χ4v) is 2.62. The molecule has 0 aliphatic carbocycles. The van der Waals surface area contributed by atoms with E-state index < -0.39 is 12.2 Å². The summed E-state index contributed by atoms with van der Waals surface area (Å²) >= 11 is 0. The second kappa shape index (κ2) is 7.10. The number of carbonyl (C=O) groups is 2. The zero-order valence-electron chi connectivity index (χ0n) is 11.9. The van der Waals surface area contributed by atoms with Gasteiger partial charge in [-0.05, 0) is 35.1 Å². The van der Waals surface area contributed by atoms with Crippen molar-refractivity contribution in [3.8, 4) is 0 Å². The number of carbonyl (C=O) groups excluding carboxylic acids is 2. The first-order valence-corrected chi connectivity index (χ1v) is 6.84. The molecule has 120 valence electrons. The standard InChI is InChI=1S/C14H18N2O6/c15-13(19)21-22-14(20)16-7-10-2-1-9(3-5-17)12(8-16)11(10)4-6-18/h1-2,17-18H,3-8H2,(H2,15,19). The van der Waals surface area contributed by atoms with Crippen LogP contribution < -0.4 is 5.73 Å². The molecule has 0 radical (unpaired) electrons. The fraction of sp³-hybridized carbons (Fsp3) is 0.429. The molecule has 0 spiro atoms. The van der Waals surface area contributed by atoms with Crippen molar-refractivity contribution in [1.29, 1.82) is 0 Å². The van der Waals surface area contributed by atoms with Gasteiger partial charge in [-0.15, -0.1) is 0 Å². The molecule has 4 N–H and O–H groups in total. The Hall–Kier alpha value is -2.32. The van der Waals surface area contributed by atoms with Gasteiger partial charge < -0.3 is 15.9 Å². The Morgan fingerprint density at radius 2 is 1.86 bits per heavy atom. The van der Waals surface area contributed by atoms with Gasteiger partial charge in [0, 0.05) is 19.8 Å². The van der Waals surface area contributed by atoms with Gasteiger partial charge in [-0.2, -0.15) is 0 Å². The van der Waals surface area contributed by atoms with Gasteiger partial charge >= 0.3 is 12.2 Å². The molecule has 22 heavy (non-hydrogen) atoms. The first kappa shape index (κ1) is 16.1. The number of amides is 2. The van der Waals surface area contributed by atoms with Crippen LogP contribution >= 0.6 is 0 Å². The molecule has 1 heterocycles. The molecule has 1 aliphatic rings. The molecule has 0 atom stereocenters. The predicted molar refractivity (Wildman–Crippen MR) is 74.4 cm³/mol. The third kappa shape index (κ3) is 3.46. The summed E-state index contributed by atoms with van der Waals surface area (Å²) in [6, 6.07) is 3.76. The molecule has 8 heteroatoms. The van der Waals surface area contributed by atoms with E-state index in [1.165, 1.54) is 4.90 Å². The van der Waals surface area contributed by atoms with Crippen LogP contribution in [0.2, 0.25) is 0 Å². The summed E-state index contributed by atoms with van der Waals surface area (Å²) in [5.41, 5.74) is 8.39. The van der Waals surface area contributed by atoms with Crippen molar-refractivity contribution in [2.75, 3.05) is 13.2 Å². The van der Waals surface area contributed by atoms with Crippen LogP contribution in [0.4, 0.5) is 9.59 Å². The van der Waals surface area contributed by atoms with Crippen LogP contribution in [0.15, 0.2) is 12.1 Å². The Labute approximate surface area is 127 Å². The summed E-state index contributed by atoms with van der Waals surface area (Å²) in [6.45, 7) is 0.514. The molecule has 2 bridgehead atoms. The Bertz CT molecular complexity index is 575. The van der Waals surface area contributed by atoms with E-state index >= 15 is 0 Å². The molecule has 0 fully saturated rings. The number of fused-ring (bicyclic) bond motifs is 2. The quantitative estimate of drug-likeness (QED) is 0.540. The van der Waals surface area contributed by atoms with E-state index in [2.05, 4.69) is 9.78 Å². The minimum Gasteiger partial charge on any atom is -0.396 e. The number of aliphatic hydroxyl groups excluding tert-OH is 2. The van der Waals surface area contributed by atoms with E-state index in [4.69, 9.17) is 10.8 Å². The SMILES string of the molecule is NC(=O)OOC(=O)N1Cc2ccc(CCO)c(c2CCO)C1. The molecule has 0 saturated heterocycles. The lowest BCUT2D eigenvalue weighted by Gasteiger charge is -2.31. The highest BCUT2D eigenvalue weighted by atomic mass is 17.2. The molecule has 1 aliphatic heterocycles. The normalized spacial score (nSPS) is 12.9. The lowest BCUT2D eigenvalue weighted by Crippen LogP contribution is -2.36. The Balaban J connectivity index is 2.21. The summed E-state index contributed by atoms with van der Waals surface area (Å²) < 4.78 is 0. The highest BCUT2D eigenvalue weighted by molar-refractivity contribution is 5.70. The van der Waals surface area contributed by atoms with Gasteiger partial charge in [0.25, 0.3) is 0 Å². The van der Waals surface area contributed by atoms with E-state index in [1.807, 2.05) is 12.1 Å². The predicted octanol–water partition coefficient (Wildman–Crippen LogP) is 0.219. The van der Waals surface area contributed by atoms with E-state index in [0.717, 1.165) is 22.3 Å². The molecule has 0 aromatic heterocycles. The van der Waals surface area contributed by atoms with E-state index in [-0.39, 0.29) is 26.3 Å². The number of benzene rings is 1. The molecule has 0 unspecified atom stereocenters. The lowest BCUT2D eigenvalue weighted by atomic mass is 9.89. The average molecular weight is 310 g/mol. The van der Waals surface area contributed by atoms with Crippen molar-refractivity contribution in [3.05, 3.63) is 34.4 Å². The van der Waals surface area contributed by atoms with Gasteiger partial charge in [0.15, 0.2) is 0 Å². The van der Waals surface area contributed by atoms with E-state index in [0.29, 0.717) is 12.8 Å². The largest absolute Gasteiger partial charge is 0.453 e. The van der Waals surface area contributed by atoms with Crippen LogP contribution in [-0.2, 0) is 35.7 Å². The summed E-state index contributed by atoms with van der Waals surface area (Å²) in [5.74, 6) is 0. The summed E-state index contributed by atoms with van der Waals surface area (Å²) in [5, 5.41) is 18.3. The second-order valence-corrected chi connectivity index (χ2v) is 4.90. The third-order valence-electron chi connectivity index (χ3n) is 3.53. The highest BCUT2D eigenvalue weighted by Gasteiger charge is 2.27. The summed E-state index contributed by atoms with van der Waals surface area (Å²) in [6.07, 6.45) is -1.10. The van der Waals surface area contributed by atoms with Crippen molar-refractivity contribution in [1.82, 2.24) is 4.90 Å². The maximum atomic E-state index is 11.9. The topological polar surface area (TPSA) is 122 Å². The molecular weight excluding hydrogens is 292 g/mol. The van der Waals surface area contributed by atoms with Gasteiger partial charge in [-0.1, -0.05) is 12.1 Å². The zero-order valence-corrected chi connectivity index (χ0v) is 11.9. The number of aliphatic hydroxyl groups is 2. The smallest absolute Gasteiger partial charge is 0.396 e. The summed E-state index contributed by atoms with van der Waals surface area (Å²) in [7, 11) is 0. The van der Waals surface area contributed by atoms with Gasteiger partial charge in [0.1, 0.15) is 0 Å². The van der Waals surface area contributed by atoms with Crippen LogP contribution in [0, 0.1) is 0 Å². The molecule has 2 amide bonds. The number of primary amides is 1. The van der Waals surface area contributed by atoms with Crippen LogP contribution in [-0.4, -0.2) is 40.5 Å². The summed E-state index contributed by atoms with van der Waals surface area (Å²) in [4.78, 5) is 32.1. The van der Waals surface area contributed by atoms with Crippen molar-refractivity contribution >= 4 is 12.2 Å². The van der Waals surface area contributed by atoms with E-state index in [9.17, 15) is 14.7 Å². The molecular formula is C14H18N2O6. The van der Waals surface area contributed by atoms with Crippen molar-refractivity contribution in [2.45, 2.75) is 25.9 Å². The number of rotatable bonds is 4. The maximum Gasteiger partial charge on any atom is 0.453 e. The first-order chi connectivity index (χ1) is 10.6. The highest BCUT2D eigenvalue weighted by Crippen LogP contribution is 2.29. The Kier molecular flexibility index (Phi) is 5.18. The second-order valence-electron chi connectivity index (χ2n) is 4.90. The Morgan fingerprint density at radius 3 is 2.50 bits per heavy atom. The zero-order chi connectivity index (χ0) is 16.1. The van der Waals surface area contributed by atoms with Crippen LogP contribution in [0.5, 0.6) is 0 Å². The monoisotopic (exact) mass is 310 g/mol. The van der Waals surface area contributed by atoms with Gasteiger partial charge in [-0.25, -0.2) is 19.4 Å². The minimum atomic E-state index is -1.20. The molecule has 0 saturated carbocycles.